The van der Waals surface area contributed by atoms with Crippen molar-refractivity contribution in [2.75, 3.05) is 10.5 Å². The van der Waals surface area contributed by atoms with Gasteiger partial charge in [-0.2, -0.15) is 13.2 Å². The Labute approximate surface area is 185 Å². The Morgan fingerprint density at radius 3 is 2.60 bits per heavy atom. The average molecular weight is 496 g/mol. The zero-order chi connectivity index (χ0) is 21.9. The molecule has 5 nitrogen and oxygen atoms in total. The largest absolute Gasteiger partial charge is 0.417 e. The Morgan fingerprint density at radius 2 is 1.93 bits per heavy atom. The van der Waals surface area contributed by atoms with Crippen molar-refractivity contribution >= 4 is 56.9 Å². The smallest absolute Gasteiger partial charge is 0.369 e. The van der Waals surface area contributed by atoms with Crippen molar-refractivity contribution in [3.8, 4) is 0 Å². The molecule has 1 aliphatic rings. The normalized spacial score (nSPS) is 16.4. The molecule has 2 aromatic carbocycles. The molecule has 0 spiro atoms. The van der Waals surface area contributed by atoms with Gasteiger partial charge in [-0.05, 0) is 48.7 Å². The van der Waals surface area contributed by atoms with Crippen molar-refractivity contribution in [3.05, 3.63) is 64.3 Å². The van der Waals surface area contributed by atoms with Crippen LogP contribution in [0.15, 0.2) is 63.5 Å². The summed E-state index contributed by atoms with van der Waals surface area (Å²) in [5, 5.41) is 2.71. The molecule has 1 unspecified atom stereocenters. The molecule has 0 saturated heterocycles. The number of hydrogen-bond donors (Lipinski definition) is 2. The molecule has 0 radical (unpaired) electrons. The van der Waals surface area contributed by atoms with Gasteiger partial charge in [0, 0.05) is 21.9 Å². The minimum atomic E-state index is -4.79. The van der Waals surface area contributed by atoms with Crippen LogP contribution in [0, 0.1) is 0 Å². The van der Waals surface area contributed by atoms with Gasteiger partial charge >= 0.3 is 6.18 Å². The summed E-state index contributed by atoms with van der Waals surface area (Å²) >= 11 is 12.9. The third-order valence-corrected chi connectivity index (χ3v) is 6.95. The van der Waals surface area contributed by atoms with Crippen molar-refractivity contribution in [2.24, 2.45) is 4.99 Å². The Bertz CT molecular complexity index is 1110. The number of allylic oxidation sites excluding steroid dienone is 1. The zero-order valence-electron chi connectivity index (χ0n) is 15.0. The van der Waals surface area contributed by atoms with Crippen LogP contribution >= 0.6 is 35.0 Å². The highest BCUT2D eigenvalue weighted by molar-refractivity contribution is 7.99. The summed E-state index contributed by atoms with van der Waals surface area (Å²) in [5.41, 5.74) is -1.09. The minimum Gasteiger partial charge on any atom is -0.369 e. The summed E-state index contributed by atoms with van der Waals surface area (Å²) in [6, 6.07) is 6.99. The van der Waals surface area contributed by atoms with E-state index in [9.17, 15) is 21.6 Å². The van der Waals surface area contributed by atoms with Crippen LogP contribution < -0.4 is 10.0 Å². The molecule has 1 heterocycles. The second-order valence-electron chi connectivity index (χ2n) is 6.04. The minimum absolute atomic E-state index is 0.145. The highest BCUT2D eigenvalue weighted by Crippen LogP contribution is 2.37. The van der Waals surface area contributed by atoms with Crippen molar-refractivity contribution in [3.63, 3.8) is 0 Å². The highest BCUT2D eigenvalue weighted by Gasteiger charge is 2.34. The highest BCUT2D eigenvalue weighted by atomic mass is 35.5. The van der Waals surface area contributed by atoms with E-state index in [2.05, 4.69) is 15.0 Å². The van der Waals surface area contributed by atoms with Gasteiger partial charge in [0.1, 0.15) is 6.17 Å². The first-order valence-corrected chi connectivity index (χ1v) is 11.5. The van der Waals surface area contributed by atoms with E-state index >= 15 is 0 Å². The molecule has 2 aromatic rings. The van der Waals surface area contributed by atoms with E-state index in [-0.39, 0.29) is 16.9 Å². The molecule has 0 aromatic heterocycles. The van der Waals surface area contributed by atoms with Gasteiger partial charge in [0.15, 0.2) is 0 Å². The molecule has 1 atom stereocenters. The molecule has 0 fully saturated rings. The number of alkyl halides is 3. The maximum absolute atomic E-state index is 13.1. The van der Waals surface area contributed by atoms with Crippen LogP contribution in [-0.4, -0.2) is 26.6 Å². The molecule has 12 heteroatoms. The number of hydrogen-bond acceptors (Lipinski definition) is 5. The fourth-order valence-corrected chi connectivity index (χ4v) is 4.97. The van der Waals surface area contributed by atoms with Crippen LogP contribution in [0.2, 0.25) is 10.0 Å². The summed E-state index contributed by atoms with van der Waals surface area (Å²) in [7, 11) is -4.33. The predicted octanol–water partition coefficient (Wildman–Crippen LogP) is 5.42. The first-order valence-electron chi connectivity index (χ1n) is 8.32. The number of sulfonamides is 1. The van der Waals surface area contributed by atoms with Gasteiger partial charge in [-0.15, -0.1) is 11.8 Å². The van der Waals surface area contributed by atoms with Crippen LogP contribution in [0.25, 0.3) is 0 Å². The average Bonchev–Trinajstić information content (AvgIpc) is 2.67. The number of nitrogens with one attached hydrogen (secondary N) is 2. The number of benzene rings is 2. The molecule has 1 aliphatic heterocycles. The lowest BCUT2D eigenvalue weighted by atomic mass is 10.2. The van der Waals surface area contributed by atoms with Crippen molar-refractivity contribution in [2.45, 2.75) is 22.1 Å². The zero-order valence-corrected chi connectivity index (χ0v) is 18.1. The lowest BCUT2D eigenvalue weighted by Crippen LogP contribution is -2.26. The van der Waals surface area contributed by atoms with E-state index in [4.69, 9.17) is 23.2 Å². The summed E-state index contributed by atoms with van der Waals surface area (Å²) in [4.78, 5) is 4.20. The quantitative estimate of drug-likeness (QED) is 0.525. The summed E-state index contributed by atoms with van der Waals surface area (Å²) in [6.45, 7) is 0. The molecule has 0 bridgehead atoms. The fourth-order valence-electron chi connectivity index (χ4n) is 2.47. The molecule has 2 N–H and O–H groups in total. The number of rotatable bonds is 6. The van der Waals surface area contributed by atoms with E-state index in [1.165, 1.54) is 17.8 Å². The van der Waals surface area contributed by atoms with Gasteiger partial charge < -0.3 is 5.32 Å². The SMILES string of the molecule is O=S(=O)(Nc1cc(Cl)ccc1SCC1N=CC=CN1)c1ccc(Cl)c(C(F)(F)F)c1. The van der Waals surface area contributed by atoms with E-state index in [0.29, 0.717) is 16.7 Å². The molecule has 0 saturated carbocycles. The van der Waals surface area contributed by atoms with Gasteiger partial charge in [-0.3, -0.25) is 9.71 Å². The van der Waals surface area contributed by atoms with Crippen LogP contribution in [0.3, 0.4) is 0 Å². The molecule has 30 heavy (non-hydrogen) atoms. The molecular weight excluding hydrogens is 482 g/mol. The first kappa shape index (κ1) is 22.8. The number of thioether (sulfide) groups is 1. The Balaban J connectivity index is 1.87. The summed E-state index contributed by atoms with van der Waals surface area (Å²) < 4.78 is 67.1. The summed E-state index contributed by atoms with van der Waals surface area (Å²) in [6.07, 6.45) is 0.131. The van der Waals surface area contributed by atoms with Crippen LogP contribution in [0.4, 0.5) is 18.9 Å². The van der Waals surface area contributed by atoms with Crippen molar-refractivity contribution in [1.29, 1.82) is 0 Å². The Hall–Kier alpha value is -1.88. The van der Waals surface area contributed by atoms with E-state index in [1.54, 1.807) is 30.6 Å². The second kappa shape index (κ2) is 9.09. The molecular formula is C18H14Cl2F3N3O2S2. The van der Waals surface area contributed by atoms with Crippen LogP contribution in [0.5, 0.6) is 0 Å². The van der Waals surface area contributed by atoms with Gasteiger partial charge in [0.25, 0.3) is 10.0 Å². The molecule has 160 valence electrons. The number of aliphatic imine (C=N–C) groups is 1. The Kier molecular flexibility index (Phi) is 6.91. The van der Waals surface area contributed by atoms with Crippen LogP contribution in [-0.2, 0) is 16.2 Å². The fraction of sp³-hybridized carbons (Fsp3) is 0.167. The van der Waals surface area contributed by atoms with Crippen LogP contribution in [0.1, 0.15) is 5.56 Å². The maximum Gasteiger partial charge on any atom is 0.417 e. The van der Waals surface area contributed by atoms with Gasteiger partial charge in [0.2, 0.25) is 0 Å². The van der Waals surface area contributed by atoms with Gasteiger partial charge in [-0.1, -0.05) is 23.2 Å². The predicted molar refractivity (Wildman–Crippen MR) is 114 cm³/mol. The molecule has 0 aliphatic carbocycles. The van der Waals surface area contributed by atoms with E-state index in [0.717, 1.165) is 12.1 Å². The third-order valence-electron chi connectivity index (χ3n) is 3.87. The maximum atomic E-state index is 13.1. The topological polar surface area (TPSA) is 70.6 Å². The molecule has 0 amide bonds. The number of nitrogens with zero attached hydrogens (tertiary/aromatic N) is 1. The van der Waals surface area contributed by atoms with E-state index < -0.39 is 31.7 Å². The first-order chi connectivity index (χ1) is 14.1. The lowest BCUT2D eigenvalue weighted by Gasteiger charge is -2.17. The van der Waals surface area contributed by atoms with E-state index in [1.807, 2.05) is 0 Å². The van der Waals surface area contributed by atoms with Crippen molar-refractivity contribution < 1.29 is 21.6 Å². The molecule has 3 rings (SSSR count). The van der Waals surface area contributed by atoms with Gasteiger partial charge in [-0.25, -0.2) is 8.42 Å². The third kappa shape index (κ3) is 5.63. The number of anilines is 1. The monoisotopic (exact) mass is 495 g/mol. The van der Waals surface area contributed by atoms with Gasteiger partial charge in [0.05, 0.1) is 21.2 Å². The standard InChI is InChI=1S/C18H14Cl2F3N3O2S2/c19-11-2-5-16(29-10-17-24-6-1-7-25-17)15(8-11)26-30(27,28)12-3-4-14(20)13(9-12)18(21,22)23/h1-9,17,24,26H,10H2. The number of halogens is 5. The second-order valence-corrected chi connectivity index (χ2v) is 9.62. The van der Waals surface area contributed by atoms with Crippen molar-refractivity contribution in [1.82, 2.24) is 5.32 Å². The lowest BCUT2D eigenvalue weighted by molar-refractivity contribution is -0.137. The Morgan fingerprint density at radius 1 is 1.17 bits per heavy atom. The summed E-state index contributed by atoms with van der Waals surface area (Å²) in [5.74, 6) is 0.483.